The summed E-state index contributed by atoms with van der Waals surface area (Å²) in [6, 6.07) is 14.3. The molecule has 1 heterocycles. The Hall–Kier alpha value is -1.83. The average molecular weight is 260 g/mol. The van der Waals surface area contributed by atoms with Crippen molar-refractivity contribution in [3.8, 4) is 0 Å². The van der Waals surface area contributed by atoms with E-state index in [1.807, 2.05) is 36.5 Å². The summed E-state index contributed by atoms with van der Waals surface area (Å²) in [5.41, 5.74) is 3.80. The van der Waals surface area contributed by atoms with E-state index >= 15 is 0 Å². The van der Waals surface area contributed by atoms with Gasteiger partial charge in [0.25, 0.3) is 0 Å². The lowest BCUT2D eigenvalue weighted by molar-refractivity contribution is 0.844. The highest BCUT2D eigenvalue weighted by Gasteiger charge is 1.90. The first kappa shape index (κ1) is 19.5. The monoisotopic (exact) mass is 260 g/mol. The summed E-state index contributed by atoms with van der Waals surface area (Å²) in [4.78, 5) is 3.88. The molecule has 1 aromatic carbocycles. The molecule has 0 N–H and O–H groups in total. The molecule has 106 valence electrons. The SMILES string of the molecule is C.C.CN=Cc1ccccc1.Cc1ccc(C)n1C. The number of nitrogens with zero attached hydrogens (tertiary/aromatic N) is 2. The number of aliphatic imine (C=N–C) groups is 1. The molecule has 2 heteroatoms. The lowest BCUT2D eigenvalue weighted by Crippen LogP contribution is -1.91. The van der Waals surface area contributed by atoms with Crippen molar-refractivity contribution in [3.05, 3.63) is 59.4 Å². The molecule has 2 aromatic rings. The Balaban J connectivity index is 0. The Morgan fingerprint density at radius 1 is 0.895 bits per heavy atom. The van der Waals surface area contributed by atoms with Gasteiger partial charge in [0.15, 0.2) is 0 Å². The summed E-state index contributed by atoms with van der Waals surface area (Å²) in [5, 5.41) is 0. The zero-order valence-corrected chi connectivity index (χ0v) is 11.0. The summed E-state index contributed by atoms with van der Waals surface area (Å²) in [5.74, 6) is 0. The second-order valence-corrected chi connectivity index (χ2v) is 3.97. The number of hydrogen-bond donors (Lipinski definition) is 0. The third-order valence-corrected chi connectivity index (χ3v) is 2.70. The van der Waals surface area contributed by atoms with Crippen molar-refractivity contribution in [1.29, 1.82) is 0 Å². The number of aryl methyl sites for hydroxylation is 2. The van der Waals surface area contributed by atoms with Gasteiger partial charge in [0.1, 0.15) is 0 Å². The Bertz CT molecular complexity index is 448. The number of rotatable bonds is 1. The molecule has 0 saturated carbocycles. The quantitative estimate of drug-likeness (QED) is 0.664. The predicted molar refractivity (Wildman–Crippen MR) is 88.3 cm³/mol. The Morgan fingerprint density at radius 3 is 1.68 bits per heavy atom. The van der Waals surface area contributed by atoms with Gasteiger partial charge in [-0.05, 0) is 31.5 Å². The van der Waals surface area contributed by atoms with Gasteiger partial charge in [-0.2, -0.15) is 0 Å². The molecule has 19 heavy (non-hydrogen) atoms. The smallest absolute Gasteiger partial charge is 0.0281 e. The molecule has 0 bridgehead atoms. The molecule has 0 saturated heterocycles. The lowest BCUT2D eigenvalue weighted by atomic mass is 10.2. The van der Waals surface area contributed by atoms with Crippen LogP contribution in [-0.2, 0) is 7.05 Å². The first-order valence-electron chi connectivity index (χ1n) is 5.71. The molecule has 0 amide bonds. The van der Waals surface area contributed by atoms with Gasteiger partial charge in [-0.1, -0.05) is 45.2 Å². The van der Waals surface area contributed by atoms with E-state index in [1.54, 1.807) is 7.05 Å². The number of benzene rings is 1. The minimum absolute atomic E-state index is 0. The molecule has 0 atom stereocenters. The van der Waals surface area contributed by atoms with E-state index in [0.717, 1.165) is 5.56 Å². The Kier molecular flexibility index (Phi) is 10.4. The van der Waals surface area contributed by atoms with Crippen molar-refractivity contribution in [2.45, 2.75) is 28.7 Å². The van der Waals surface area contributed by atoms with Crippen LogP contribution in [0, 0.1) is 13.8 Å². The van der Waals surface area contributed by atoms with Gasteiger partial charge in [-0.3, -0.25) is 4.99 Å². The molecule has 0 aliphatic rings. The predicted octanol–water partition coefficient (Wildman–Crippen LogP) is 4.65. The normalized spacial score (nSPS) is 9.05. The van der Waals surface area contributed by atoms with Crippen LogP contribution in [-0.4, -0.2) is 17.8 Å². The third-order valence-electron chi connectivity index (χ3n) is 2.70. The maximum atomic E-state index is 3.88. The van der Waals surface area contributed by atoms with Crippen molar-refractivity contribution in [2.75, 3.05) is 7.05 Å². The van der Waals surface area contributed by atoms with Crippen LogP contribution in [0.15, 0.2) is 47.5 Å². The minimum atomic E-state index is 0. The minimum Gasteiger partial charge on any atom is -0.352 e. The Labute approximate surface area is 118 Å². The fourth-order valence-electron chi connectivity index (χ4n) is 1.43. The van der Waals surface area contributed by atoms with Crippen molar-refractivity contribution in [3.63, 3.8) is 0 Å². The molecule has 1 aromatic heterocycles. The molecule has 2 nitrogen and oxygen atoms in total. The van der Waals surface area contributed by atoms with Crippen molar-refractivity contribution < 1.29 is 0 Å². The standard InChI is InChI=1S/C8H9N.C7H11N.2CH4/c1-9-7-8-5-3-2-4-6-8;1-6-4-5-7(2)8(6)3;;/h2-7H,1H3;4-5H,1-3H3;2*1H4. The topological polar surface area (TPSA) is 17.3 Å². The maximum Gasteiger partial charge on any atom is 0.0281 e. The van der Waals surface area contributed by atoms with Crippen LogP contribution < -0.4 is 0 Å². The van der Waals surface area contributed by atoms with Crippen LogP contribution in [0.2, 0.25) is 0 Å². The van der Waals surface area contributed by atoms with Gasteiger partial charge < -0.3 is 4.57 Å². The molecule has 0 radical (unpaired) electrons. The molecule has 0 fully saturated rings. The molecule has 0 aliphatic heterocycles. The van der Waals surface area contributed by atoms with Gasteiger partial charge in [0.05, 0.1) is 0 Å². The van der Waals surface area contributed by atoms with Gasteiger partial charge >= 0.3 is 0 Å². The summed E-state index contributed by atoms with van der Waals surface area (Å²) in [7, 11) is 3.84. The summed E-state index contributed by atoms with van der Waals surface area (Å²) in [6.07, 6.45) is 1.83. The second kappa shape index (κ2) is 10.1. The highest BCUT2D eigenvalue weighted by molar-refractivity contribution is 5.79. The zero-order valence-electron chi connectivity index (χ0n) is 11.0. The molecule has 0 aliphatic carbocycles. The van der Waals surface area contributed by atoms with Crippen molar-refractivity contribution in [1.82, 2.24) is 4.57 Å². The van der Waals surface area contributed by atoms with E-state index in [-0.39, 0.29) is 14.9 Å². The van der Waals surface area contributed by atoms with Gasteiger partial charge in [-0.15, -0.1) is 0 Å². The average Bonchev–Trinajstić information content (AvgIpc) is 2.63. The molecular formula is C17H28N2. The Morgan fingerprint density at radius 2 is 1.37 bits per heavy atom. The fourth-order valence-corrected chi connectivity index (χ4v) is 1.43. The van der Waals surface area contributed by atoms with Gasteiger partial charge in [0.2, 0.25) is 0 Å². The van der Waals surface area contributed by atoms with E-state index in [1.165, 1.54) is 11.4 Å². The fraction of sp³-hybridized carbons (Fsp3) is 0.353. The van der Waals surface area contributed by atoms with Crippen LogP contribution in [0.25, 0.3) is 0 Å². The van der Waals surface area contributed by atoms with E-state index in [9.17, 15) is 0 Å². The van der Waals surface area contributed by atoms with E-state index in [0.29, 0.717) is 0 Å². The van der Waals surface area contributed by atoms with Gasteiger partial charge in [0, 0.05) is 31.7 Å². The number of hydrogen-bond acceptors (Lipinski definition) is 1. The van der Waals surface area contributed by atoms with Crippen LogP contribution in [0.4, 0.5) is 0 Å². The lowest BCUT2D eigenvalue weighted by Gasteiger charge is -1.96. The third kappa shape index (κ3) is 6.61. The van der Waals surface area contributed by atoms with Crippen LogP contribution in [0.5, 0.6) is 0 Å². The van der Waals surface area contributed by atoms with E-state index < -0.39 is 0 Å². The first-order valence-corrected chi connectivity index (χ1v) is 5.71. The molecule has 2 rings (SSSR count). The first-order chi connectivity index (χ1) is 8.15. The highest BCUT2D eigenvalue weighted by Crippen LogP contribution is 2.02. The van der Waals surface area contributed by atoms with Crippen LogP contribution in [0.1, 0.15) is 31.8 Å². The van der Waals surface area contributed by atoms with E-state index in [4.69, 9.17) is 0 Å². The highest BCUT2D eigenvalue weighted by atomic mass is 14.9. The molecule has 0 unspecified atom stereocenters. The molecular weight excluding hydrogens is 232 g/mol. The van der Waals surface area contributed by atoms with Crippen molar-refractivity contribution >= 4 is 6.21 Å². The maximum absolute atomic E-state index is 3.88. The van der Waals surface area contributed by atoms with E-state index in [2.05, 4.69) is 42.6 Å². The molecule has 0 spiro atoms. The van der Waals surface area contributed by atoms with Crippen molar-refractivity contribution in [2.24, 2.45) is 12.0 Å². The summed E-state index contributed by atoms with van der Waals surface area (Å²) >= 11 is 0. The number of aromatic nitrogens is 1. The van der Waals surface area contributed by atoms with Crippen LogP contribution >= 0.6 is 0 Å². The second-order valence-electron chi connectivity index (χ2n) is 3.97. The summed E-state index contributed by atoms with van der Waals surface area (Å²) < 4.78 is 2.17. The summed E-state index contributed by atoms with van der Waals surface area (Å²) in [6.45, 7) is 4.21. The zero-order chi connectivity index (χ0) is 12.7. The van der Waals surface area contributed by atoms with Crippen LogP contribution in [0.3, 0.4) is 0 Å². The van der Waals surface area contributed by atoms with Gasteiger partial charge in [-0.25, -0.2) is 0 Å². The largest absolute Gasteiger partial charge is 0.352 e.